The van der Waals surface area contributed by atoms with Gasteiger partial charge in [-0.2, -0.15) is 0 Å². The molecule has 2 aliphatic rings. The van der Waals surface area contributed by atoms with Crippen LogP contribution in [0.1, 0.15) is 52.4 Å². The van der Waals surface area contributed by atoms with Gasteiger partial charge < -0.3 is 15.5 Å². The molecule has 2 unspecified atom stereocenters. The quantitative estimate of drug-likeness (QED) is 0.807. The first-order chi connectivity index (χ1) is 9.70. The average molecular weight is 281 g/mol. The van der Waals surface area contributed by atoms with Crippen LogP contribution in [0.5, 0.6) is 0 Å². The number of carbonyl (C=O) groups excluding carboxylic acids is 1. The number of hydrogen-bond acceptors (Lipinski definition) is 3. The van der Waals surface area contributed by atoms with Crippen LogP contribution < -0.4 is 10.6 Å². The van der Waals surface area contributed by atoms with Crippen molar-refractivity contribution in [2.24, 2.45) is 5.41 Å². The largest absolute Gasteiger partial charge is 0.352 e. The molecule has 0 aromatic rings. The van der Waals surface area contributed by atoms with Gasteiger partial charge in [0.1, 0.15) is 0 Å². The molecule has 0 aromatic heterocycles. The topological polar surface area (TPSA) is 44.4 Å². The number of amides is 1. The standard InChI is InChI=1S/C16H31N3O/c1-3-8-16(9-6-10-17-13-16)15(20)18-14-7-5-11-19(4-2)12-14/h14,17H,3-13H2,1-2H3,(H,18,20). The van der Waals surface area contributed by atoms with E-state index in [2.05, 4.69) is 29.4 Å². The number of carbonyl (C=O) groups is 1. The number of rotatable bonds is 5. The van der Waals surface area contributed by atoms with Crippen molar-refractivity contribution >= 4 is 5.91 Å². The Hall–Kier alpha value is -0.610. The van der Waals surface area contributed by atoms with Crippen LogP contribution in [-0.4, -0.2) is 49.6 Å². The molecule has 2 N–H and O–H groups in total. The number of nitrogens with zero attached hydrogens (tertiary/aromatic N) is 1. The third-order valence-corrected chi connectivity index (χ3v) is 4.97. The molecule has 2 aliphatic heterocycles. The Kier molecular flexibility index (Phi) is 5.85. The molecule has 2 rings (SSSR count). The van der Waals surface area contributed by atoms with Crippen LogP contribution >= 0.6 is 0 Å². The van der Waals surface area contributed by atoms with Gasteiger partial charge in [0.2, 0.25) is 5.91 Å². The van der Waals surface area contributed by atoms with E-state index >= 15 is 0 Å². The Morgan fingerprint density at radius 2 is 2.25 bits per heavy atom. The fourth-order valence-electron chi connectivity index (χ4n) is 3.77. The van der Waals surface area contributed by atoms with E-state index in [4.69, 9.17) is 0 Å². The minimum Gasteiger partial charge on any atom is -0.352 e. The molecule has 2 heterocycles. The van der Waals surface area contributed by atoms with E-state index < -0.39 is 0 Å². The second-order valence-corrected chi connectivity index (χ2v) is 6.52. The zero-order valence-electron chi connectivity index (χ0n) is 13.2. The molecular weight excluding hydrogens is 250 g/mol. The lowest BCUT2D eigenvalue weighted by molar-refractivity contribution is -0.133. The molecule has 0 aliphatic carbocycles. The summed E-state index contributed by atoms with van der Waals surface area (Å²) >= 11 is 0. The summed E-state index contributed by atoms with van der Waals surface area (Å²) in [5, 5.41) is 6.79. The molecule has 2 atom stereocenters. The molecule has 0 spiro atoms. The number of piperidine rings is 2. The van der Waals surface area contributed by atoms with Crippen LogP contribution in [0, 0.1) is 5.41 Å². The zero-order valence-corrected chi connectivity index (χ0v) is 13.2. The van der Waals surface area contributed by atoms with Gasteiger partial charge in [-0.3, -0.25) is 4.79 Å². The third-order valence-electron chi connectivity index (χ3n) is 4.97. The predicted molar refractivity (Wildman–Crippen MR) is 82.7 cm³/mol. The fourth-order valence-corrected chi connectivity index (χ4v) is 3.77. The number of likely N-dealkylation sites (tertiary alicyclic amines) is 1. The van der Waals surface area contributed by atoms with Crippen LogP contribution in [0.3, 0.4) is 0 Å². The lowest BCUT2D eigenvalue weighted by Crippen LogP contribution is -2.55. The van der Waals surface area contributed by atoms with Gasteiger partial charge in [-0.05, 0) is 51.7 Å². The van der Waals surface area contributed by atoms with Crippen LogP contribution in [0.4, 0.5) is 0 Å². The molecule has 4 heteroatoms. The highest BCUT2D eigenvalue weighted by atomic mass is 16.2. The van der Waals surface area contributed by atoms with Crippen LogP contribution in [0.15, 0.2) is 0 Å². The number of hydrogen-bond donors (Lipinski definition) is 2. The Labute approximate surface area is 123 Å². The van der Waals surface area contributed by atoms with Crippen molar-refractivity contribution in [3.05, 3.63) is 0 Å². The molecule has 1 amide bonds. The molecule has 0 aromatic carbocycles. The second-order valence-electron chi connectivity index (χ2n) is 6.52. The molecule has 0 radical (unpaired) electrons. The monoisotopic (exact) mass is 281 g/mol. The van der Waals surface area contributed by atoms with Gasteiger partial charge in [0.15, 0.2) is 0 Å². The van der Waals surface area contributed by atoms with Gasteiger partial charge in [-0.15, -0.1) is 0 Å². The first-order valence-corrected chi connectivity index (χ1v) is 8.44. The summed E-state index contributed by atoms with van der Waals surface area (Å²) in [6.45, 7) is 9.61. The average Bonchev–Trinajstić information content (AvgIpc) is 2.48. The van der Waals surface area contributed by atoms with Crippen LogP contribution in [0.2, 0.25) is 0 Å². The third kappa shape index (κ3) is 3.73. The maximum atomic E-state index is 12.8. The summed E-state index contributed by atoms with van der Waals surface area (Å²) in [5.41, 5.74) is -0.151. The van der Waals surface area contributed by atoms with E-state index in [0.717, 1.165) is 58.3 Å². The van der Waals surface area contributed by atoms with Crippen molar-refractivity contribution in [2.75, 3.05) is 32.7 Å². The first-order valence-electron chi connectivity index (χ1n) is 8.44. The molecule has 2 fully saturated rings. The van der Waals surface area contributed by atoms with E-state index in [1.54, 1.807) is 0 Å². The molecule has 4 nitrogen and oxygen atoms in total. The molecule has 20 heavy (non-hydrogen) atoms. The number of likely N-dealkylation sites (N-methyl/N-ethyl adjacent to an activating group) is 1. The SMILES string of the molecule is CCCC1(C(=O)NC2CCCN(CC)C2)CCCNC1. The lowest BCUT2D eigenvalue weighted by atomic mass is 9.76. The second kappa shape index (κ2) is 7.41. The summed E-state index contributed by atoms with van der Waals surface area (Å²) in [4.78, 5) is 15.2. The van der Waals surface area contributed by atoms with Crippen molar-refractivity contribution < 1.29 is 4.79 Å². The summed E-state index contributed by atoms with van der Waals surface area (Å²) in [7, 11) is 0. The highest BCUT2D eigenvalue weighted by Gasteiger charge is 2.39. The highest BCUT2D eigenvalue weighted by molar-refractivity contribution is 5.83. The van der Waals surface area contributed by atoms with E-state index in [1.807, 2.05) is 0 Å². The molecule has 0 saturated carbocycles. The predicted octanol–water partition coefficient (Wildman–Crippen LogP) is 1.76. The minimum absolute atomic E-state index is 0.151. The molecule has 116 valence electrons. The summed E-state index contributed by atoms with van der Waals surface area (Å²) in [6.07, 6.45) is 6.61. The number of nitrogens with one attached hydrogen (secondary N) is 2. The van der Waals surface area contributed by atoms with E-state index in [1.165, 1.54) is 13.0 Å². The lowest BCUT2D eigenvalue weighted by Gasteiger charge is -2.39. The van der Waals surface area contributed by atoms with Crippen molar-refractivity contribution in [3.63, 3.8) is 0 Å². The van der Waals surface area contributed by atoms with Crippen molar-refractivity contribution in [3.8, 4) is 0 Å². The summed E-state index contributed by atoms with van der Waals surface area (Å²) in [5.74, 6) is 0.300. The molecule has 2 saturated heterocycles. The first kappa shape index (κ1) is 15.8. The smallest absolute Gasteiger partial charge is 0.227 e. The summed E-state index contributed by atoms with van der Waals surface area (Å²) in [6, 6.07) is 0.354. The van der Waals surface area contributed by atoms with E-state index in [-0.39, 0.29) is 5.41 Å². The van der Waals surface area contributed by atoms with Crippen molar-refractivity contribution in [1.82, 2.24) is 15.5 Å². The minimum atomic E-state index is -0.151. The van der Waals surface area contributed by atoms with E-state index in [0.29, 0.717) is 11.9 Å². The van der Waals surface area contributed by atoms with Crippen molar-refractivity contribution in [1.29, 1.82) is 0 Å². The Morgan fingerprint density at radius 1 is 1.40 bits per heavy atom. The maximum absolute atomic E-state index is 12.8. The Bertz CT molecular complexity index is 307. The Morgan fingerprint density at radius 3 is 2.90 bits per heavy atom. The normalized spacial score (nSPS) is 32.0. The fraction of sp³-hybridized carbons (Fsp3) is 0.938. The van der Waals surface area contributed by atoms with Gasteiger partial charge in [0.05, 0.1) is 5.41 Å². The van der Waals surface area contributed by atoms with Gasteiger partial charge in [0.25, 0.3) is 0 Å². The van der Waals surface area contributed by atoms with Gasteiger partial charge in [0, 0.05) is 19.1 Å². The van der Waals surface area contributed by atoms with E-state index in [9.17, 15) is 4.79 Å². The zero-order chi connectivity index (χ0) is 14.4. The Balaban J connectivity index is 1.94. The molecule has 0 bridgehead atoms. The molecular formula is C16H31N3O. The van der Waals surface area contributed by atoms with Gasteiger partial charge >= 0.3 is 0 Å². The highest BCUT2D eigenvalue weighted by Crippen LogP contribution is 2.32. The van der Waals surface area contributed by atoms with Crippen LogP contribution in [0.25, 0.3) is 0 Å². The van der Waals surface area contributed by atoms with Gasteiger partial charge in [-0.1, -0.05) is 20.3 Å². The van der Waals surface area contributed by atoms with Crippen molar-refractivity contribution in [2.45, 2.75) is 58.4 Å². The van der Waals surface area contributed by atoms with Crippen LogP contribution in [-0.2, 0) is 4.79 Å². The summed E-state index contributed by atoms with van der Waals surface area (Å²) < 4.78 is 0. The maximum Gasteiger partial charge on any atom is 0.227 e. The van der Waals surface area contributed by atoms with Gasteiger partial charge in [-0.25, -0.2) is 0 Å².